The number of hydrogen-bond acceptors (Lipinski definition) is 6. The molecule has 0 amide bonds. The molecule has 0 radical (unpaired) electrons. The summed E-state index contributed by atoms with van der Waals surface area (Å²) in [4.78, 5) is 1.14. The van der Waals surface area contributed by atoms with Crippen molar-refractivity contribution in [3.8, 4) is 0 Å². The Kier molecular flexibility index (Phi) is 8.42. The monoisotopic (exact) mass is 401 g/mol. The van der Waals surface area contributed by atoms with E-state index < -0.39 is 24.4 Å². The number of ether oxygens (including phenoxy) is 3. The van der Waals surface area contributed by atoms with Crippen LogP contribution >= 0.6 is 11.8 Å². The topological polar surface area (TPSA) is 68.2 Å². The van der Waals surface area contributed by atoms with Crippen molar-refractivity contribution in [3.05, 3.63) is 84.3 Å². The SMILES string of the molecule is OCC1O[CH+][C@@H](OCC=CSc2ccccc2)[C@@H](O)C1OCc1ccccc1. The van der Waals surface area contributed by atoms with Gasteiger partial charge in [0.25, 0.3) is 12.7 Å². The lowest BCUT2D eigenvalue weighted by Gasteiger charge is -2.32. The minimum absolute atomic E-state index is 0.243. The molecular weight excluding hydrogens is 376 g/mol. The Morgan fingerprint density at radius 2 is 1.75 bits per heavy atom. The van der Waals surface area contributed by atoms with Crippen LogP contribution in [0.1, 0.15) is 5.56 Å². The highest BCUT2D eigenvalue weighted by Gasteiger charge is 2.47. The van der Waals surface area contributed by atoms with E-state index >= 15 is 0 Å². The van der Waals surface area contributed by atoms with Gasteiger partial charge in [-0.05, 0) is 23.1 Å². The Balaban J connectivity index is 1.48. The Bertz CT molecular complexity index is 709. The van der Waals surface area contributed by atoms with Crippen molar-refractivity contribution >= 4 is 11.8 Å². The van der Waals surface area contributed by atoms with Gasteiger partial charge in [-0.2, -0.15) is 4.74 Å². The van der Waals surface area contributed by atoms with Gasteiger partial charge in [-0.1, -0.05) is 66.4 Å². The fourth-order valence-corrected chi connectivity index (χ4v) is 3.48. The van der Waals surface area contributed by atoms with Crippen molar-refractivity contribution in [2.24, 2.45) is 0 Å². The van der Waals surface area contributed by atoms with Crippen LogP contribution in [0.5, 0.6) is 0 Å². The maximum Gasteiger partial charge on any atom is 0.261 e. The molecule has 2 aromatic rings. The summed E-state index contributed by atoms with van der Waals surface area (Å²) in [6.07, 6.45) is -0.971. The molecule has 28 heavy (non-hydrogen) atoms. The molecule has 2 unspecified atom stereocenters. The number of rotatable bonds is 9. The van der Waals surface area contributed by atoms with Crippen LogP contribution in [0.4, 0.5) is 0 Å². The molecule has 1 aliphatic heterocycles. The highest BCUT2D eigenvalue weighted by atomic mass is 32.2. The first-order valence-corrected chi connectivity index (χ1v) is 10.1. The predicted molar refractivity (Wildman–Crippen MR) is 108 cm³/mol. The average molecular weight is 402 g/mol. The molecule has 2 aromatic carbocycles. The number of aliphatic hydroxyl groups is 2. The lowest BCUT2D eigenvalue weighted by atomic mass is 10.00. The zero-order chi connectivity index (χ0) is 19.6. The van der Waals surface area contributed by atoms with Crippen molar-refractivity contribution in [2.75, 3.05) is 13.2 Å². The van der Waals surface area contributed by atoms with Crippen LogP contribution in [0.15, 0.2) is 77.0 Å². The quantitative estimate of drug-likeness (QED) is 0.497. The Morgan fingerprint density at radius 1 is 1.04 bits per heavy atom. The summed E-state index contributed by atoms with van der Waals surface area (Å²) in [7, 11) is 0. The van der Waals surface area contributed by atoms with Crippen LogP contribution in [0, 0.1) is 6.61 Å². The van der Waals surface area contributed by atoms with E-state index in [9.17, 15) is 10.2 Å². The van der Waals surface area contributed by atoms with Gasteiger partial charge in [0.05, 0.1) is 19.8 Å². The van der Waals surface area contributed by atoms with E-state index in [0.29, 0.717) is 13.2 Å². The predicted octanol–water partition coefficient (Wildman–Crippen LogP) is 3.18. The van der Waals surface area contributed by atoms with Gasteiger partial charge in [-0.15, -0.1) is 0 Å². The molecular formula is C22H25O5S+. The average Bonchev–Trinajstić information content (AvgIpc) is 2.75. The molecule has 1 heterocycles. The Hall–Kier alpha value is -1.80. The second-order valence-corrected chi connectivity index (χ2v) is 7.32. The molecule has 4 atom stereocenters. The van der Waals surface area contributed by atoms with Crippen LogP contribution in [-0.4, -0.2) is 47.8 Å². The maximum absolute atomic E-state index is 10.6. The third-order valence-corrected chi connectivity index (χ3v) is 5.19. The van der Waals surface area contributed by atoms with E-state index in [2.05, 4.69) is 0 Å². The normalized spacial score (nSPS) is 24.9. The Labute approximate surface area is 169 Å². The fraction of sp³-hybridized carbons (Fsp3) is 0.318. The molecule has 2 N–H and O–H groups in total. The van der Waals surface area contributed by atoms with Crippen LogP contribution < -0.4 is 0 Å². The van der Waals surface area contributed by atoms with Gasteiger partial charge in [0.2, 0.25) is 0 Å². The van der Waals surface area contributed by atoms with Crippen molar-refractivity contribution in [3.63, 3.8) is 0 Å². The van der Waals surface area contributed by atoms with Crippen molar-refractivity contribution in [1.29, 1.82) is 0 Å². The van der Waals surface area contributed by atoms with Gasteiger partial charge in [-0.3, -0.25) is 0 Å². The third kappa shape index (κ3) is 6.10. The molecule has 0 aromatic heterocycles. The molecule has 0 bridgehead atoms. The largest absolute Gasteiger partial charge is 0.393 e. The summed E-state index contributed by atoms with van der Waals surface area (Å²) in [5.41, 5.74) is 0.985. The molecule has 1 aliphatic rings. The molecule has 3 rings (SSSR count). The van der Waals surface area contributed by atoms with Gasteiger partial charge >= 0.3 is 0 Å². The molecule has 148 valence electrons. The van der Waals surface area contributed by atoms with Crippen molar-refractivity contribution < 1.29 is 24.4 Å². The number of aliphatic hydroxyl groups excluding tert-OH is 2. The zero-order valence-electron chi connectivity index (χ0n) is 15.5. The van der Waals surface area contributed by atoms with E-state index in [1.54, 1.807) is 11.8 Å². The summed E-state index contributed by atoms with van der Waals surface area (Å²) >= 11 is 1.60. The van der Waals surface area contributed by atoms with Crippen molar-refractivity contribution in [2.45, 2.75) is 35.9 Å². The van der Waals surface area contributed by atoms with Crippen LogP contribution in [0.3, 0.4) is 0 Å². The third-order valence-electron chi connectivity index (χ3n) is 4.32. The number of benzene rings is 2. The molecule has 1 saturated heterocycles. The Morgan fingerprint density at radius 3 is 2.46 bits per heavy atom. The fourth-order valence-electron chi connectivity index (χ4n) is 2.83. The summed E-state index contributed by atoms with van der Waals surface area (Å²) in [6, 6.07) is 19.7. The van der Waals surface area contributed by atoms with E-state index in [0.717, 1.165) is 10.5 Å². The van der Waals surface area contributed by atoms with E-state index in [1.165, 1.54) is 6.61 Å². The molecule has 0 aliphatic carbocycles. The van der Waals surface area contributed by atoms with E-state index in [4.69, 9.17) is 14.2 Å². The summed E-state index contributed by atoms with van der Waals surface area (Å²) in [6.45, 7) is 1.85. The number of hydrogen-bond donors (Lipinski definition) is 2. The van der Waals surface area contributed by atoms with Crippen LogP contribution in [-0.2, 0) is 20.8 Å². The molecule has 6 heteroatoms. The summed E-state index contributed by atoms with van der Waals surface area (Å²) in [5, 5.41) is 22.1. The highest BCUT2D eigenvalue weighted by molar-refractivity contribution is 8.02. The summed E-state index contributed by atoms with van der Waals surface area (Å²) < 4.78 is 17.1. The van der Waals surface area contributed by atoms with Crippen LogP contribution in [0.2, 0.25) is 0 Å². The van der Waals surface area contributed by atoms with Gasteiger partial charge in [0.1, 0.15) is 6.10 Å². The zero-order valence-corrected chi connectivity index (χ0v) is 16.3. The standard InChI is InChI=1S/C22H25O5S/c23-14-19-22(27-15-17-8-3-1-4-9-17)21(24)20(16-26-19)25-12-7-13-28-18-10-5-2-6-11-18/h1-11,13,16,19-24H,12,14-15H2/q+1/t19?,20-,21-,22?/m1/s1. The van der Waals surface area contributed by atoms with E-state index in [1.807, 2.05) is 72.1 Å². The highest BCUT2D eigenvalue weighted by Crippen LogP contribution is 2.24. The first kappa shape index (κ1) is 20.9. The summed E-state index contributed by atoms with van der Waals surface area (Å²) in [5.74, 6) is 0. The lowest BCUT2D eigenvalue weighted by molar-refractivity contribution is -0.201. The maximum atomic E-state index is 10.6. The van der Waals surface area contributed by atoms with E-state index in [-0.39, 0.29) is 6.61 Å². The second kappa shape index (κ2) is 11.3. The molecule has 0 saturated carbocycles. The lowest BCUT2D eigenvalue weighted by Crippen LogP contribution is -2.54. The first-order valence-electron chi connectivity index (χ1n) is 9.19. The minimum Gasteiger partial charge on any atom is -0.393 e. The molecule has 1 fully saturated rings. The molecule has 5 nitrogen and oxygen atoms in total. The van der Waals surface area contributed by atoms with Crippen molar-refractivity contribution in [1.82, 2.24) is 0 Å². The van der Waals surface area contributed by atoms with Gasteiger partial charge < -0.3 is 19.7 Å². The minimum atomic E-state index is -0.926. The van der Waals surface area contributed by atoms with Gasteiger partial charge in [0.15, 0.2) is 12.2 Å². The number of thioether (sulfide) groups is 1. The molecule has 0 spiro atoms. The second-order valence-electron chi connectivity index (χ2n) is 6.35. The van der Waals surface area contributed by atoms with Gasteiger partial charge in [0, 0.05) is 4.90 Å². The first-order chi connectivity index (χ1) is 13.8. The van der Waals surface area contributed by atoms with Crippen LogP contribution in [0.25, 0.3) is 0 Å². The van der Waals surface area contributed by atoms with Gasteiger partial charge in [-0.25, -0.2) is 0 Å². The smallest absolute Gasteiger partial charge is 0.261 e.